The molecule has 0 fully saturated rings. The third-order valence-corrected chi connectivity index (χ3v) is 1.93. The molecule has 0 N–H and O–H groups in total. The molecular weight excluding hydrogens is 206 g/mol. The Labute approximate surface area is 86.5 Å². The Kier molecular flexibility index (Phi) is 5.29. The fraction of sp³-hybridized carbons (Fsp3) is 0.750. The summed E-state index contributed by atoms with van der Waals surface area (Å²) < 4.78 is 8.63. The maximum Gasteiger partial charge on any atom is 0.381 e. The van der Waals surface area contributed by atoms with Gasteiger partial charge in [-0.2, -0.15) is 0 Å². The third-order valence-electron chi connectivity index (χ3n) is 1.93. The van der Waals surface area contributed by atoms with Gasteiger partial charge in [0, 0.05) is 10.8 Å². The van der Waals surface area contributed by atoms with Crippen molar-refractivity contribution >= 4 is 11.9 Å². The van der Waals surface area contributed by atoms with Gasteiger partial charge in [-0.1, -0.05) is 6.92 Å². The second-order valence-corrected chi connectivity index (χ2v) is 3.01. The number of carbonyl (C=O) groups is 2. The molecule has 2 unspecified atom stereocenters. The summed E-state index contributed by atoms with van der Waals surface area (Å²) in [6.45, 7) is 1.42. The molecule has 7 heteroatoms. The monoisotopic (exact) mass is 219 g/mol. The lowest BCUT2D eigenvalue weighted by Gasteiger charge is -2.13. The van der Waals surface area contributed by atoms with Gasteiger partial charge < -0.3 is 9.47 Å². The Morgan fingerprint density at radius 2 is 1.87 bits per heavy atom. The summed E-state index contributed by atoms with van der Waals surface area (Å²) in [5, 5.41) is 10.6. The molecule has 0 radical (unpaired) electrons. The summed E-state index contributed by atoms with van der Waals surface area (Å²) in [4.78, 5) is 31.7. The van der Waals surface area contributed by atoms with E-state index in [1.54, 1.807) is 0 Å². The minimum Gasteiger partial charge on any atom is -0.469 e. The highest BCUT2D eigenvalue weighted by molar-refractivity contribution is 5.76. The van der Waals surface area contributed by atoms with E-state index >= 15 is 0 Å². The highest BCUT2D eigenvalue weighted by Gasteiger charge is 2.38. The molecule has 7 nitrogen and oxygen atoms in total. The summed E-state index contributed by atoms with van der Waals surface area (Å²) in [7, 11) is 2.23. The Morgan fingerprint density at radius 1 is 1.33 bits per heavy atom. The number of hydrogen-bond acceptors (Lipinski definition) is 6. The van der Waals surface area contributed by atoms with E-state index in [2.05, 4.69) is 9.47 Å². The van der Waals surface area contributed by atoms with Gasteiger partial charge in [0.2, 0.25) is 0 Å². The van der Waals surface area contributed by atoms with Crippen LogP contribution >= 0.6 is 0 Å². The van der Waals surface area contributed by atoms with Crippen LogP contribution in [-0.4, -0.2) is 37.1 Å². The SMILES string of the molecule is COC(=O)CC(C)C(C(=O)OC)[N+](=O)[O-]. The van der Waals surface area contributed by atoms with Crippen molar-refractivity contribution in [1.29, 1.82) is 0 Å². The number of carbonyl (C=O) groups excluding carboxylic acids is 2. The maximum absolute atomic E-state index is 11.0. The molecular formula is C8H13NO6. The van der Waals surface area contributed by atoms with Gasteiger partial charge in [0.1, 0.15) is 0 Å². The zero-order chi connectivity index (χ0) is 12.0. The highest BCUT2D eigenvalue weighted by atomic mass is 16.6. The van der Waals surface area contributed by atoms with E-state index in [0.29, 0.717) is 0 Å². The van der Waals surface area contributed by atoms with Crippen LogP contribution in [0.3, 0.4) is 0 Å². The van der Waals surface area contributed by atoms with E-state index in [0.717, 1.165) is 7.11 Å². The fourth-order valence-corrected chi connectivity index (χ4v) is 1.10. The number of nitrogens with zero attached hydrogens (tertiary/aromatic N) is 1. The van der Waals surface area contributed by atoms with Gasteiger partial charge in [-0.15, -0.1) is 0 Å². The van der Waals surface area contributed by atoms with Crippen molar-refractivity contribution in [2.24, 2.45) is 5.92 Å². The second kappa shape index (κ2) is 5.94. The minimum atomic E-state index is -1.53. The number of rotatable bonds is 5. The van der Waals surface area contributed by atoms with Gasteiger partial charge in [0.25, 0.3) is 0 Å². The largest absolute Gasteiger partial charge is 0.469 e. The Hall–Kier alpha value is -1.66. The van der Waals surface area contributed by atoms with Crippen LogP contribution in [0.2, 0.25) is 0 Å². The quantitative estimate of drug-likeness (QED) is 0.367. The molecule has 0 saturated heterocycles. The topological polar surface area (TPSA) is 95.7 Å². The van der Waals surface area contributed by atoms with E-state index < -0.39 is 28.8 Å². The lowest BCUT2D eigenvalue weighted by molar-refractivity contribution is -0.518. The fourth-order valence-electron chi connectivity index (χ4n) is 1.10. The van der Waals surface area contributed by atoms with Crippen molar-refractivity contribution in [3.05, 3.63) is 10.1 Å². The van der Waals surface area contributed by atoms with Gasteiger partial charge in [-0.05, 0) is 0 Å². The summed E-state index contributed by atoms with van der Waals surface area (Å²) in [5.41, 5.74) is 0. The Bertz CT molecular complexity index is 264. The first-order valence-electron chi connectivity index (χ1n) is 4.22. The molecule has 0 saturated carbocycles. The number of hydrogen-bond donors (Lipinski definition) is 0. The first-order valence-corrected chi connectivity index (χ1v) is 4.22. The summed E-state index contributed by atoms with van der Waals surface area (Å²) >= 11 is 0. The summed E-state index contributed by atoms with van der Waals surface area (Å²) in [6, 6.07) is -1.53. The van der Waals surface area contributed by atoms with E-state index in [1.165, 1.54) is 14.0 Å². The number of methoxy groups -OCH3 is 2. The summed E-state index contributed by atoms with van der Waals surface area (Å²) in [5.74, 6) is -2.32. The molecule has 2 atom stereocenters. The molecule has 0 aliphatic rings. The van der Waals surface area contributed by atoms with Gasteiger partial charge in [-0.3, -0.25) is 14.9 Å². The predicted octanol–water partition coefficient (Wildman–Crippen LogP) is 0.00390. The molecule has 0 aromatic carbocycles. The van der Waals surface area contributed by atoms with Gasteiger partial charge in [0.05, 0.1) is 20.6 Å². The zero-order valence-corrected chi connectivity index (χ0v) is 8.76. The minimum absolute atomic E-state index is 0.197. The molecule has 0 bridgehead atoms. The standard InChI is InChI=1S/C8H13NO6/c1-5(4-6(10)14-2)7(9(12)13)8(11)15-3/h5,7H,4H2,1-3H3. The molecule has 15 heavy (non-hydrogen) atoms. The molecule has 0 heterocycles. The van der Waals surface area contributed by atoms with Crippen molar-refractivity contribution in [2.75, 3.05) is 14.2 Å². The van der Waals surface area contributed by atoms with E-state index in [4.69, 9.17) is 0 Å². The molecule has 0 aromatic heterocycles. The molecule has 0 spiro atoms. The van der Waals surface area contributed by atoms with Gasteiger partial charge in [-0.25, -0.2) is 4.79 Å². The molecule has 0 rings (SSSR count). The van der Waals surface area contributed by atoms with Crippen LogP contribution in [0.4, 0.5) is 0 Å². The van der Waals surface area contributed by atoms with E-state index in [9.17, 15) is 19.7 Å². The Morgan fingerprint density at radius 3 is 2.20 bits per heavy atom. The summed E-state index contributed by atoms with van der Waals surface area (Å²) in [6.07, 6.45) is -0.197. The van der Waals surface area contributed by atoms with Crippen molar-refractivity contribution in [2.45, 2.75) is 19.4 Å². The normalized spacial score (nSPS) is 13.8. The first-order chi connectivity index (χ1) is 6.93. The number of esters is 2. The predicted molar refractivity (Wildman–Crippen MR) is 48.6 cm³/mol. The average molecular weight is 219 g/mol. The van der Waals surface area contributed by atoms with Crippen LogP contribution in [0.1, 0.15) is 13.3 Å². The molecule has 0 amide bonds. The second-order valence-electron chi connectivity index (χ2n) is 3.01. The van der Waals surface area contributed by atoms with Gasteiger partial charge >= 0.3 is 18.0 Å². The Balaban J connectivity index is 4.56. The third kappa shape index (κ3) is 3.92. The van der Waals surface area contributed by atoms with Crippen molar-refractivity contribution in [3.63, 3.8) is 0 Å². The smallest absolute Gasteiger partial charge is 0.381 e. The number of ether oxygens (including phenoxy) is 2. The van der Waals surface area contributed by atoms with Gasteiger partial charge in [0.15, 0.2) is 0 Å². The first kappa shape index (κ1) is 13.3. The van der Waals surface area contributed by atoms with Crippen LogP contribution in [0, 0.1) is 16.0 Å². The molecule has 0 aromatic rings. The van der Waals surface area contributed by atoms with Crippen molar-refractivity contribution in [1.82, 2.24) is 0 Å². The lowest BCUT2D eigenvalue weighted by atomic mass is 9.99. The maximum atomic E-state index is 11.0. The van der Waals surface area contributed by atoms with Crippen LogP contribution in [0.15, 0.2) is 0 Å². The molecule has 0 aliphatic carbocycles. The van der Waals surface area contributed by atoms with E-state index in [1.807, 2.05) is 0 Å². The number of nitro groups is 1. The van der Waals surface area contributed by atoms with Crippen molar-refractivity contribution < 1.29 is 24.0 Å². The lowest BCUT2D eigenvalue weighted by Crippen LogP contribution is -2.37. The molecule has 86 valence electrons. The average Bonchev–Trinajstić information content (AvgIpc) is 2.16. The van der Waals surface area contributed by atoms with Crippen molar-refractivity contribution in [3.8, 4) is 0 Å². The van der Waals surface area contributed by atoms with Crippen LogP contribution in [-0.2, 0) is 19.1 Å². The van der Waals surface area contributed by atoms with Crippen LogP contribution in [0.25, 0.3) is 0 Å². The zero-order valence-electron chi connectivity index (χ0n) is 8.76. The molecule has 0 aliphatic heterocycles. The van der Waals surface area contributed by atoms with Crippen LogP contribution < -0.4 is 0 Å². The van der Waals surface area contributed by atoms with E-state index in [-0.39, 0.29) is 6.42 Å². The highest BCUT2D eigenvalue weighted by Crippen LogP contribution is 2.13. The van der Waals surface area contributed by atoms with Crippen LogP contribution in [0.5, 0.6) is 0 Å².